The smallest absolute Gasteiger partial charge is 0.340 e. The first-order chi connectivity index (χ1) is 10.2. The van der Waals surface area contributed by atoms with Gasteiger partial charge < -0.3 is 14.8 Å². The Kier molecular flexibility index (Phi) is 3.31. The molecule has 1 N–H and O–H groups in total. The first kappa shape index (κ1) is 13.2. The number of hydrogen-bond acceptors (Lipinski definition) is 5. The van der Waals surface area contributed by atoms with E-state index in [-0.39, 0.29) is 5.97 Å². The molecule has 0 radical (unpaired) electrons. The Morgan fingerprint density at radius 3 is 2.67 bits per heavy atom. The summed E-state index contributed by atoms with van der Waals surface area (Å²) in [7, 11) is 1.32. The fourth-order valence-electron chi connectivity index (χ4n) is 2.29. The number of benzene rings is 2. The Balaban J connectivity index is 1.93. The van der Waals surface area contributed by atoms with Crippen molar-refractivity contribution in [2.24, 2.45) is 0 Å². The van der Waals surface area contributed by atoms with Crippen LogP contribution in [0.15, 0.2) is 48.5 Å². The maximum atomic E-state index is 11.8. The molecule has 1 aliphatic heterocycles. The zero-order valence-electron chi connectivity index (χ0n) is 11.3. The largest absolute Gasteiger partial charge is 0.465 e. The van der Waals surface area contributed by atoms with Crippen molar-refractivity contribution in [2.75, 3.05) is 12.4 Å². The van der Waals surface area contributed by atoms with Gasteiger partial charge in [0.05, 0.1) is 23.9 Å². The molecule has 2 aromatic rings. The summed E-state index contributed by atoms with van der Waals surface area (Å²) in [6.45, 7) is 0. The summed E-state index contributed by atoms with van der Waals surface area (Å²) in [4.78, 5) is 23.5. The van der Waals surface area contributed by atoms with Crippen LogP contribution in [-0.2, 0) is 9.47 Å². The monoisotopic (exact) mass is 283 g/mol. The van der Waals surface area contributed by atoms with Crippen LogP contribution in [0.3, 0.4) is 0 Å². The second-order valence-corrected chi connectivity index (χ2v) is 4.55. The summed E-state index contributed by atoms with van der Waals surface area (Å²) in [6, 6.07) is 14.1. The highest BCUT2D eigenvalue weighted by molar-refractivity contribution is 5.97. The van der Waals surface area contributed by atoms with Crippen molar-refractivity contribution in [1.82, 2.24) is 0 Å². The van der Waals surface area contributed by atoms with Gasteiger partial charge in [-0.2, -0.15) is 0 Å². The summed E-state index contributed by atoms with van der Waals surface area (Å²) in [6.07, 6.45) is -0.612. The summed E-state index contributed by atoms with van der Waals surface area (Å²) >= 11 is 0. The molecule has 1 heterocycles. The molecule has 0 aromatic heterocycles. The van der Waals surface area contributed by atoms with E-state index in [9.17, 15) is 9.59 Å². The van der Waals surface area contributed by atoms with E-state index in [2.05, 4.69) is 5.32 Å². The Hall–Kier alpha value is -2.82. The van der Waals surface area contributed by atoms with Crippen LogP contribution in [0.1, 0.15) is 32.5 Å². The van der Waals surface area contributed by atoms with Gasteiger partial charge in [0.2, 0.25) is 6.23 Å². The average molecular weight is 283 g/mol. The molecule has 0 spiro atoms. The molecule has 3 rings (SSSR count). The van der Waals surface area contributed by atoms with Gasteiger partial charge in [-0.25, -0.2) is 9.59 Å². The van der Waals surface area contributed by atoms with Gasteiger partial charge >= 0.3 is 11.9 Å². The zero-order valence-corrected chi connectivity index (χ0v) is 11.3. The lowest BCUT2D eigenvalue weighted by molar-refractivity contribution is 0.0437. The normalized spacial score (nSPS) is 16.0. The number of hydrogen-bond donors (Lipinski definition) is 1. The van der Waals surface area contributed by atoms with E-state index >= 15 is 0 Å². The lowest BCUT2D eigenvalue weighted by Gasteiger charge is -2.16. The van der Waals surface area contributed by atoms with Gasteiger partial charge in [-0.15, -0.1) is 0 Å². The molecule has 0 saturated carbocycles. The van der Waals surface area contributed by atoms with Crippen molar-refractivity contribution >= 4 is 17.6 Å². The van der Waals surface area contributed by atoms with Gasteiger partial charge in [0.15, 0.2) is 0 Å². The van der Waals surface area contributed by atoms with Crippen LogP contribution in [0.5, 0.6) is 0 Å². The highest BCUT2D eigenvalue weighted by Gasteiger charge is 2.31. The fraction of sp³-hybridized carbons (Fsp3) is 0.125. The van der Waals surface area contributed by atoms with Crippen LogP contribution in [0.4, 0.5) is 5.69 Å². The van der Waals surface area contributed by atoms with E-state index in [1.165, 1.54) is 7.11 Å². The molecule has 0 unspecified atom stereocenters. The van der Waals surface area contributed by atoms with Crippen molar-refractivity contribution in [1.29, 1.82) is 0 Å². The topological polar surface area (TPSA) is 64.6 Å². The molecular weight excluding hydrogens is 270 g/mol. The number of rotatable bonds is 3. The third kappa shape index (κ3) is 2.33. The van der Waals surface area contributed by atoms with Crippen molar-refractivity contribution < 1.29 is 19.1 Å². The minimum atomic E-state index is -0.612. The second kappa shape index (κ2) is 5.28. The second-order valence-electron chi connectivity index (χ2n) is 4.55. The zero-order chi connectivity index (χ0) is 14.8. The summed E-state index contributed by atoms with van der Waals surface area (Å²) < 4.78 is 10.0. The van der Waals surface area contributed by atoms with E-state index in [4.69, 9.17) is 9.47 Å². The minimum Gasteiger partial charge on any atom is -0.465 e. The number of anilines is 1. The summed E-state index contributed by atoms with van der Waals surface area (Å²) in [5.41, 5.74) is 2.23. The number of carbonyl (C=O) groups excluding carboxylic acids is 2. The van der Waals surface area contributed by atoms with Gasteiger partial charge in [0.25, 0.3) is 0 Å². The highest BCUT2D eigenvalue weighted by atomic mass is 16.6. The molecule has 1 atom stereocenters. The number of para-hydroxylation sites is 1. The van der Waals surface area contributed by atoms with Gasteiger partial charge in [0.1, 0.15) is 0 Å². The number of esters is 2. The first-order valence-corrected chi connectivity index (χ1v) is 6.44. The van der Waals surface area contributed by atoms with Crippen LogP contribution < -0.4 is 5.32 Å². The number of ether oxygens (including phenoxy) is 2. The van der Waals surface area contributed by atoms with Crippen molar-refractivity contribution in [3.8, 4) is 0 Å². The van der Waals surface area contributed by atoms with E-state index in [1.807, 2.05) is 12.1 Å². The molecule has 0 aliphatic carbocycles. The molecule has 2 aromatic carbocycles. The fourth-order valence-corrected chi connectivity index (χ4v) is 2.29. The molecule has 0 bridgehead atoms. The van der Waals surface area contributed by atoms with Crippen molar-refractivity contribution in [2.45, 2.75) is 6.23 Å². The molecule has 106 valence electrons. The summed E-state index contributed by atoms with van der Waals surface area (Å²) in [5, 5.41) is 3.07. The maximum Gasteiger partial charge on any atom is 0.340 e. The van der Waals surface area contributed by atoms with E-state index in [0.717, 1.165) is 5.56 Å². The molecule has 21 heavy (non-hydrogen) atoms. The van der Waals surface area contributed by atoms with Gasteiger partial charge in [-0.05, 0) is 18.2 Å². The number of cyclic esters (lactones) is 1. The standard InChI is InChI=1S/C16H13NO4/c1-20-15(18)12-8-4-5-9-13(12)17-14-10-6-2-3-7-11(10)16(19)21-14/h2-9,14,17H,1H3/t14-/m1/s1. The number of carbonyl (C=O) groups is 2. The van der Waals surface area contributed by atoms with Crippen LogP contribution in [-0.4, -0.2) is 19.0 Å². The van der Waals surface area contributed by atoms with E-state index in [1.54, 1.807) is 36.4 Å². The average Bonchev–Trinajstić information content (AvgIpc) is 2.84. The quantitative estimate of drug-likeness (QED) is 0.877. The third-order valence-corrected chi connectivity index (χ3v) is 3.31. The Morgan fingerprint density at radius 2 is 1.86 bits per heavy atom. The molecule has 5 nitrogen and oxygen atoms in total. The lowest BCUT2D eigenvalue weighted by atomic mass is 10.1. The van der Waals surface area contributed by atoms with Gasteiger partial charge in [-0.1, -0.05) is 30.3 Å². The Labute approximate surface area is 121 Å². The summed E-state index contributed by atoms with van der Waals surface area (Å²) in [5.74, 6) is -0.825. The molecule has 0 amide bonds. The predicted molar refractivity (Wildman–Crippen MR) is 76.0 cm³/mol. The highest BCUT2D eigenvalue weighted by Crippen LogP contribution is 2.32. The van der Waals surface area contributed by atoms with Gasteiger partial charge in [0, 0.05) is 5.56 Å². The Bertz CT molecular complexity index is 711. The number of methoxy groups -OCH3 is 1. The minimum absolute atomic E-state index is 0.376. The molecule has 0 fully saturated rings. The van der Waals surface area contributed by atoms with Crippen LogP contribution in [0.25, 0.3) is 0 Å². The van der Waals surface area contributed by atoms with Crippen LogP contribution in [0.2, 0.25) is 0 Å². The molecule has 0 saturated heterocycles. The van der Waals surface area contributed by atoms with E-state index in [0.29, 0.717) is 16.8 Å². The molecule has 1 aliphatic rings. The third-order valence-electron chi connectivity index (χ3n) is 3.31. The Morgan fingerprint density at radius 1 is 1.14 bits per heavy atom. The van der Waals surface area contributed by atoms with E-state index < -0.39 is 12.2 Å². The molecular formula is C16H13NO4. The number of nitrogens with one attached hydrogen (secondary N) is 1. The maximum absolute atomic E-state index is 11.8. The SMILES string of the molecule is COC(=O)c1ccccc1N[C@@H]1OC(=O)c2ccccc21. The van der Waals surface area contributed by atoms with Gasteiger partial charge in [-0.3, -0.25) is 0 Å². The predicted octanol–water partition coefficient (Wildman–Crippen LogP) is 2.75. The van der Waals surface area contributed by atoms with Crippen LogP contribution in [0, 0.1) is 0 Å². The van der Waals surface area contributed by atoms with Crippen molar-refractivity contribution in [3.05, 3.63) is 65.2 Å². The first-order valence-electron chi connectivity index (χ1n) is 6.44. The lowest BCUT2D eigenvalue weighted by Crippen LogP contribution is -2.14. The van der Waals surface area contributed by atoms with Crippen molar-refractivity contribution in [3.63, 3.8) is 0 Å². The molecule has 5 heteroatoms. The van der Waals surface area contributed by atoms with Crippen LogP contribution >= 0.6 is 0 Å². The number of fused-ring (bicyclic) bond motifs is 1.